The molecular weight excluding hydrogens is 284 g/mol. The molecule has 0 spiro atoms. The van der Waals surface area contributed by atoms with Gasteiger partial charge in [0, 0.05) is 16.8 Å². The summed E-state index contributed by atoms with van der Waals surface area (Å²) in [5.41, 5.74) is 2.16. The summed E-state index contributed by atoms with van der Waals surface area (Å²) in [5, 5.41) is 6.57. The van der Waals surface area contributed by atoms with E-state index in [1.807, 2.05) is 18.4 Å². The van der Waals surface area contributed by atoms with Gasteiger partial charge in [-0.05, 0) is 25.1 Å². The van der Waals surface area contributed by atoms with Crippen molar-refractivity contribution >= 4 is 34.6 Å². The highest BCUT2D eigenvalue weighted by molar-refractivity contribution is 7.09. The normalized spacial score (nSPS) is 10.3. The van der Waals surface area contributed by atoms with E-state index in [1.54, 1.807) is 23.5 Å². The van der Waals surface area contributed by atoms with E-state index in [9.17, 15) is 4.79 Å². The van der Waals surface area contributed by atoms with E-state index in [1.165, 1.54) is 7.11 Å². The molecule has 0 saturated carbocycles. The molecule has 4 nitrogen and oxygen atoms in total. The standard InChI is InChI=1S/C13H13ClN2O2S/c1-8-7-19-12(16-8)6-15-9-3-4-11(14)10(5-9)13(17)18-2/h3-5,7,15H,6H2,1-2H3. The highest BCUT2D eigenvalue weighted by atomic mass is 35.5. The summed E-state index contributed by atoms with van der Waals surface area (Å²) in [4.78, 5) is 15.9. The van der Waals surface area contributed by atoms with Gasteiger partial charge in [-0.2, -0.15) is 0 Å². The van der Waals surface area contributed by atoms with Gasteiger partial charge in [-0.3, -0.25) is 0 Å². The van der Waals surface area contributed by atoms with Gasteiger partial charge in [0.15, 0.2) is 0 Å². The van der Waals surface area contributed by atoms with E-state index in [0.29, 0.717) is 17.1 Å². The molecule has 1 aromatic carbocycles. The van der Waals surface area contributed by atoms with E-state index in [-0.39, 0.29) is 0 Å². The van der Waals surface area contributed by atoms with Crippen LogP contribution < -0.4 is 5.32 Å². The van der Waals surface area contributed by atoms with Crippen LogP contribution in [0.15, 0.2) is 23.6 Å². The molecule has 0 aliphatic carbocycles. The molecule has 0 amide bonds. The van der Waals surface area contributed by atoms with E-state index in [0.717, 1.165) is 16.4 Å². The van der Waals surface area contributed by atoms with Crippen LogP contribution in [0.25, 0.3) is 0 Å². The number of ether oxygens (including phenoxy) is 1. The van der Waals surface area contributed by atoms with Crippen molar-refractivity contribution in [1.29, 1.82) is 0 Å². The lowest BCUT2D eigenvalue weighted by Gasteiger charge is -2.07. The Morgan fingerprint density at radius 1 is 1.53 bits per heavy atom. The number of methoxy groups -OCH3 is 1. The molecule has 0 saturated heterocycles. The van der Waals surface area contributed by atoms with Crippen molar-refractivity contribution in [2.75, 3.05) is 12.4 Å². The van der Waals surface area contributed by atoms with Gasteiger partial charge in [0.1, 0.15) is 5.01 Å². The Balaban J connectivity index is 2.10. The topological polar surface area (TPSA) is 51.2 Å². The summed E-state index contributed by atoms with van der Waals surface area (Å²) in [6.07, 6.45) is 0. The number of aryl methyl sites for hydroxylation is 1. The molecule has 100 valence electrons. The molecule has 0 atom stereocenters. The van der Waals surface area contributed by atoms with Crippen molar-refractivity contribution in [3.8, 4) is 0 Å². The lowest BCUT2D eigenvalue weighted by molar-refractivity contribution is 0.0601. The fourth-order valence-electron chi connectivity index (χ4n) is 1.56. The fourth-order valence-corrected chi connectivity index (χ4v) is 2.47. The highest BCUT2D eigenvalue weighted by Gasteiger charge is 2.11. The average Bonchev–Trinajstić information content (AvgIpc) is 2.83. The van der Waals surface area contributed by atoms with Crippen molar-refractivity contribution < 1.29 is 9.53 Å². The van der Waals surface area contributed by atoms with Crippen molar-refractivity contribution in [1.82, 2.24) is 4.98 Å². The van der Waals surface area contributed by atoms with Crippen molar-refractivity contribution in [3.63, 3.8) is 0 Å². The molecule has 0 aliphatic rings. The van der Waals surface area contributed by atoms with Crippen LogP contribution in [0.4, 0.5) is 5.69 Å². The van der Waals surface area contributed by atoms with Gasteiger partial charge in [-0.25, -0.2) is 9.78 Å². The summed E-state index contributed by atoms with van der Waals surface area (Å²) in [6.45, 7) is 2.57. The predicted octanol–water partition coefficient (Wildman–Crippen LogP) is 3.50. The van der Waals surface area contributed by atoms with Crippen LogP contribution in [0, 0.1) is 6.92 Å². The van der Waals surface area contributed by atoms with Gasteiger partial charge in [-0.1, -0.05) is 11.6 Å². The summed E-state index contributed by atoms with van der Waals surface area (Å²) in [5.74, 6) is -0.446. The number of rotatable bonds is 4. The first-order valence-corrected chi connectivity index (χ1v) is 6.88. The molecule has 0 radical (unpaired) electrons. The number of halogens is 1. The Morgan fingerprint density at radius 3 is 2.95 bits per heavy atom. The zero-order valence-electron chi connectivity index (χ0n) is 10.6. The Bertz CT molecular complexity index is 598. The van der Waals surface area contributed by atoms with Gasteiger partial charge in [0.05, 0.1) is 24.2 Å². The SMILES string of the molecule is COC(=O)c1cc(NCc2nc(C)cs2)ccc1Cl. The Hall–Kier alpha value is -1.59. The molecule has 0 unspecified atom stereocenters. The number of aromatic nitrogens is 1. The van der Waals surface area contributed by atoms with Crippen molar-refractivity contribution in [2.24, 2.45) is 0 Å². The number of carbonyl (C=O) groups is 1. The molecule has 6 heteroatoms. The van der Waals surface area contributed by atoms with Gasteiger partial charge in [0.2, 0.25) is 0 Å². The summed E-state index contributed by atoms with van der Waals surface area (Å²) < 4.78 is 4.68. The second-order valence-electron chi connectivity index (χ2n) is 3.92. The maximum Gasteiger partial charge on any atom is 0.339 e. The zero-order chi connectivity index (χ0) is 13.8. The number of benzene rings is 1. The summed E-state index contributed by atoms with van der Waals surface area (Å²) in [6, 6.07) is 5.16. The highest BCUT2D eigenvalue weighted by Crippen LogP contribution is 2.22. The van der Waals surface area contributed by atoms with Crippen LogP contribution in [0.5, 0.6) is 0 Å². The first-order valence-electron chi connectivity index (χ1n) is 5.63. The van der Waals surface area contributed by atoms with E-state index in [2.05, 4.69) is 15.0 Å². The molecule has 1 heterocycles. The lowest BCUT2D eigenvalue weighted by Crippen LogP contribution is -2.04. The molecule has 0 bridgehead atoms. The summed E-state index contributed by atoms with van der Waals surface area (Å²) >= 11 is 7.55. The van der Waals surface area contributed by atoms with Crippen LogP contribution in [0.3, 0.4) is 0 Å². The first-order chi connectivity index (χ1) is 9.10. The van der Waals surface area contributed by atoms with Gasteiger partial charge < -0.3 is 10.1 Å². The summed E-state index contributed by atoms with van der Waals surface area (Å²) in [7, 11) is 1.33. The van der Waals surface area contributed by atoms with Gasteiger partial charge >= 0.3 is 5.97 Å². The van der Waals surface area contributed by atoms with Crippen LogP contribution >= 0.6 is 22.9 Å². The van der Waals surface area contributed by atoms with Crippen LogP contribution in [0.2, 0.25) is 5.02 Å². The third-order valence-corrected chi connectivity index (χ3v) is 3.78. The Kier molecular flexibility index (Phi) is 4.39. The van der Waals surface area contributed by atoms with Crippen LogP contribution in [-0.4, -0.2) is 18.1 Å². The van der Waals surface area contributed by atoms with E-state index >= 15 is 0 Å². The maximum absolute atomic E-state index is 11.5. The quantitative estimate of drug-likeness (QED) is 0.877. The van der Waals surface area contributed by atoms with E-state index < -0.39 is 5.97 Å². The number of thiazole rings is 1. The van der Waals surface area contributed by atoms with Crippen LogP contribution in [0.1, 0.15) is 21.1 Å². The average molecular weight is 297 g/mol. The number of anilines is 1. The maximum atomic E-state index is 11.5. The van der Waals surface area contributed by atoms with Crippen molar-refractivity contribution in [3.05, 3.63) is 44.9 Å². The monoisotopic (exact) mass is 296 g/mol. The second-order valence-corrected chi connectivity index (χ2v) is 5.27. The zero-order valence-corrected chi connectivity index (χ0v) is 12.1. The number of carbonyl (C=O) groups excluding carboxylic acids is 1. The third-order valence-electron chi connectivity index (χ3n) is 2.48. The number of nitrogens with one attached hydrogen (secondary N) is 1. The molecule has 2 rings (SSSR count). The Labute approximate surface area is 120 Å². The largest absolute Gasteiger partial charge is 0.465 e. The molecule has 1 aromatic heterocycles. The molecule has 0 aliphatic heterocycles. The molecule has 1 N–H and O–H groups in total. The smallest absolute Gasteiger partial charge is 0.339 e. The molecular formula is C13H13ClN2O2S. The lowest BCUT2D eigenvalue weighted by atomic mass is 10.2. The third kappa shape index (κ3) is 3.45. The number of esters is 1. The minimum Gasteiger partial charge on any atom is -0.465 e. The van der Waals surface area contributed by atoms with Crippen molar-refractivity contribution in [2.45, 2.75) is 13.5 Å². The van der Waals surface area contributed by atoms with E-state index in [4.69, 9.17) is 11.6 Å². The van der Waals surface area contributed by atoms with Gasteiger partial charge in [0.25, 0.3) is 0 Å². The minimum absolute atomic E-state index is 0.351. The second kappa shape index (κ2) is 6.04. The molecule has 2 aromatic rings. The molecule has 0 fully saturated rings. The fraction of sp³-hybridized carbons (Fsp3) is 0.231. The first kappa shape index (κ1) is 13.8. The number of hydrogen-bond acceptors (Lipinski definition) is 5. The van der Waals surface area contributed by atoms with Crippen LogP contribution in [-0.2, 0) is 11.3 Å². The number of hydrogen-bond donors (Lipinski definition) is 1. The molecule has 19 heavy (non-hydrogen) atoms. The predicted molar refractivity (Wildman–Crippen MR) is 77.0 cm³/mol. The number of nitrogens with zero attached hydrogens (tertiary/aromatic N) is 1. The Morgan fingerprint density at radius 2 is 2.32 bits per heavy atom. The minimum atomic E-state index is -0.446. The van der Waals surface area contributed by atoms with Gasteiger partial charge in [-0.15, -0.1) is 11.3 Å².